The average molecular weight is 450 g/mol. The second kappa shape index (κ2) is 11.9. The zero-order chi connectivity index (χ0) is 22.1. The summed E-state index contributed by atoms with van der Waals surface area (Å²) in [6, 6.07) is 8.75. The van der Waals surface area contributed by atoms with E-state index in [9.17, 15) is 4.21 Å². The van der Waals surface area contributed by atoms with Gasteiger partial charge in [0.25, 0.3) is 0 Å². The molecule has 1 aliphatic carbocycles. The summed E-state index contributed by atoms with van der Waals surface area (Å²) in [6.45, 7) is 7.18. The van der Waals surface area contributed by atoms with E-state index in [0.717, 1.165) is 82.3 Å². The molecule has 1 saturated heterocycles. The molecule has 0 aromatic heterocycles. The molecular formula is C24H39N3O3S. The topological polar surface area (TPSA) is 72.0 Å². The average Bonchev–Trinajstić information content (AvgIpc) is 2.83. The Hall–Kier alpha value is -1.60. The summed E-state index contributed by atoms with van der Waals surface area (Å²) in [5.74, 6) is 2.49. The zero-order valence-electron chi connectivity index (χ0n) is 19.3. The molecule has 3 atom stereocenters. The van der Waals surface area contributed by atoms with Crippen LogP contribution < -0.4 is 15.4 Å². The van der Waals surface area contributed by atoms with Crippen LogP contribution >= 0.6 is 0 Å². The lowest BCUT2D eigenvalue weighted by Crippen LogP contribution is -2.47. The Bertz CT molecular complexity index is 732. The van der Waals surface area contributed by atoms with Crippen molar-refractivity contribution in [2.75, 3.05) is 39.2 Å². The summed E-state index contributed by atoms with van der Waals surface area (Å²) in [7, 11) is 0.979. The number of benzene rings is 1. The number of methoxy groups -OCH3 is 1. The molecule has 2 fully saturated rings. The minimum atomic E-state index is -0.719. The third-order valence-electron chi connectivity index (χ3n) is 6.66. The Kier molecular flexibility index (Phi) is 9.20. The largest absolute Gasteiger partial charge is 0.497 e. The van der Waals surface area contributed by atoms with Crippen LogP contribution in [0.15, 0.2) is 29.3 Å². The van der Waals surface area contributed by atoms with Crippen LogP contribution in [0.25, 0.3) is 0 Å². The van der Waals surface area contributed by atoms with Gasteiger partial charge in [-0.2, -0.15) is 0 Å². The molecule has 0 radical (unpaired) electrons. The van der Waals surface area contributed by atoms with Crippen LogP contribution in [0.2, 0.25) is 0 Å². The Morgan fingerprint density at radius 2 is 1.97 bits per heavy atom. The Labute approximate surface area is 190 Å². The van der Waals surface area contributed by atoms with Crippen LogP contribution in [0.4, 0.5) is 0 Å². The molecule has 1 aromatic rings. The van der Waals surface area contributed by atoms with Crippen molar-refractivity contribution in [1.82, 2.24) is 10.6 Å². The van der Waals surface area contributed by atoms with Crippen molar-refractivity contribution in [3.8, 4) is 5.75 Å². The number of aliphatic imine (C=N–C) groups is 1. The van der Waals surface area contributed by atoms with E-state index in [1.807, 2.05) is 19.1 Å². The molecule has 6 nitrogen and oxygen atoms in total. The van der Waals surface area contributed by atoms with Gasteiger partial charge in [0.15, 0.2) is 5.96 Å². The van der Waals surface area contributed by atoms with Crippen LogP contribution in [0.5, 0.6) is 5.75 Å². The summed E-state index contributed by atoms with van der Waals surface area (Å²) in [5, 5.41) is 7.38. The Balaban J connectivity index is 1.73. The highest BCUT2D eigenvalue weighted by Crippen LogP contribution is 2.36. The molecule has 7 heteroatoms. The molecule has 2 aliphatic rings. The second-order valence-electron chi connectivity index (χ2n) is 8.62. The van der Waals surface area contributed by atoms with Crippen molar-refractivity contribution in [3.05, 3.63) is 29.8 Å². The number of nitrogens with zero attached hydrogens (tertiary/aromatic N) is 1. The summed E-state index contributed by atoms with van der Waals surface area (Å²) >= 11 is 0. The predicted molar refractivity (Wildman–Crippen MR) is 129 cm³/mol. The molecule has 0 bridgehead atoms. The lowest BCUT2D eigenvalue weighted by molar-refractivity contribution is 0.0531. The van der Waals surface area contributed by atoms with E-state index in [4.69, 9.17) is 14.5 Å². The molecule has 3 rings (SSSR count). The van der Waals surface area contributed by atoms with Gasteiger partial charge in [0.1, 0.15) is 5.75 Å². The number of hydrogen-bond acceptors (Lipinski definition) is 4. The fraction of sp³-hybridized carbons (Fsp3) is 0.708. The van der Waals surface area contributed by atoms with Crippen LogP contribution in [0.3, 0.4) is 0 Å². The summed E-state index contributed by atoms with van der Waals surface area (Å²) in [6.07, 6.45) is 6.20. The zero-order valence-corrected chi connectivity index (χ0v) is 20.1. The van der Waals surface area contributed by atoms with Crippen molar-refractivity contribution in [2.45, 2.75) is 69.1 Å². The normalized spacial score (nSPS) is 24.9. The lowest BCUT2D eigenvalue weighted by atomic mass is 9.74. The van der Waals surface area contributed by atoms with Crippen molar-refractivity contribution in [3.63, 3.8) is 0 Å². The smallest absolute Gasteiger partial charge is 0.191 e. The molecule has 1 aliphatic heterocycles. The SMILES string of the molecule is CCNC(=NCC1(c2ccc(OC)cc2)CCOCC1)NC1CCCC(S(=O)CC)C1. The van der Waals surface area contributed by atoms with E-state index in [-0.39, 0.29) is 5.41 Å². The van der Waals surface area contributed by atoms with Gasteiger partial charge in [-0.25, -0.2) is 0 Å². The highest BCUT2D eigenvalue weighted by molar-refractivity contribution is 7.85. The van der Waals surface area contributed by atoms with Gasteiger partial charge in [-0.05, 0) is 56.7 Å². The fourth-order valence-corrected chi connectivity index (χ4v) is 6.09. The molecule has 1 saturated carbocycles. The van der Waals surface area contributed by atoms with E-state index < -0.39 is 10.8 Å². The monoisotopic (exact) mass is 449 g/mol. The highest BCUT2D eigenvalue weighted by atomic mass is 32.2. The second-order valence-corrected chi connectivity index (χ2v) is 10.6. The highest BCUT2D eigenvalue weighted by Gasteiger charge is 2.35. The van der Waals surface area contributed by atoms with Gasteiger partial charge in [-0.1, -0.05) is 25.5 Å². The number of nitrogens with one attached hydrogen (secondary N) is 2. The lowest BCUT2D eigenvalue weighted by Gasteiger charge is -2.37. The molecule has 0 spiro atoms. The molecule has 0 amide bonds. The predicted octanol–water partition coefficient (Wildman–Crippen LogP) is 3.38. The van der Waals surface area contributed by atoms with Gasteiger partial charge in [-0.3, -0.25) is 9.20 Å². The van der Waals surface area contributed by atoms with Crippen LogP contribution in [0.1, 0.15) is 57.9 Å². The van der Waals surface area contributed by atoms with E-state index in [1.54, 1.807) is 7.11 Å². The van der Waals surface area contributed by atoms with Gasteiger partial charge >= 0.3 is 0 Å². The standard InChI is InChI=1S/C24H39N3O3S/c1-4-25-23(27-20-7-6-8-22(17-20)31(28)5-2)26-18-24(13-15-30-16-14-24)19-9-11-21(29-3)12-10-19/h9-12,20,22H,4-8,13-18H2,1-3H3,(H2,25,26,27). The summed E-state index contributed by atoms with van der Waals surface area (Å²) < 4.78 is 23.3. The minimum absolute atomic E-state index is 0.0221. The maximum Gasteiger partial charge on any atom is 0.191 e. The maximum atomic E-state index is 12.3. The molecule has 31 heavy (non-hydrogen) atoms. The van der Waals surface area contributed by atoms with E-state index in [2.05, 4.69) is 29.7 Å². The number of hydrogen-bond donors (Lipinski definition) is 2. The van der Waals surface area contributed by atoms with Crippen LogP contribution in [0, 0.1) is 0 Å². The van der Waals surface area contributed by atoms with E-state index >= 15 is 0 Å². The van der Waals surface area contributed by atoms with Crippen molar-refractivity contribution in [1.29, 1.82) is 0 Å². The molecule has 1 aromatic carbocycles. The molecule has 1 heterocycles. The Morgan fingerprint density at radius 3 is 2.61 bits per heavy atom. The van der Waals surface area contributed by atoms with Crippen molar-refractivity contribution < 1.29 is 13.7 Å². The van der Waals surface area contributed by atoms with E-state index in [1.165, 1.54) is 5.56 Å². The van der Waals surface area contributed by atoms with Crippen LogP contribution in [-0.2, 0) is 21.0 Å². The van der Waals surface area contributed by atoms with Crippen molar-refractivity contribution >= 4 is 16.8 Å². The quantitative estimate of drug-likeness (QED) is 0.470. The first-order valence-corrected chi connectivity index (χ1v) is 13.1. The van der Waals surface area contributed by atoms with Gasteiger partial charge in [0.2, 0.25) is 0 Å². The van der Waals surface area contributed by atoms with Gasteiger partial charge < -0.3 is 20.1 Å². The minimum Gasteiger partial charge on any atom is -0.497 e. The number of guanidine groups is 1. The summed E-state index contributed by atoms with van der Waals surface area (Å²) in [4.78, 5) is 5.04. The van der Waals surface area contributed by atoms with Gasteiger partial charge in [-0.15, -0.1) is 0 Å². The molecule has 174 valence electrons. The van der Waals surface area contributed by atoms with Gasteiger partial charge in [0, 0.05) is 53.0 Å². The molecule has 2 N–H and O–H groups in total. The molecular weight excluding hydrogens is 410 g/mol. The first kappa shape index (κ1) is 24.1. The van der Waals surface area contributed by atoms with Crippen LogP contribution in [-0.4, -0.2) is 60.6 Å². The third kappa shape index (κ3) is 6.45. The number of ether oxygens (including phenoxy) is 2. The number of rotatable bonds is 8. The third-order valence-corrected chi connectivity index (χ3v) is 8.40. The first-order chi connectivity index (χ1) is 15.1. The van der Waals surface area contributed by atoms with E-state index in [0.29, 0.717) is 11.3 Å². The Morgan fingerprint density at radius 1 is 1.23 bits per heavy atom. The molecule has 3 unspecified atom stereocenters. The fourth-order valence-electron chi connectivity index (χ4n) is 4.74. The maximum absolute atomic E-state index is 12.3. The van der Waals surface area contributed by atoms with Gasteiger partial charge in [0.05, 0.1) is 13.7 Å². The first-order valence-electron chi connectivity index (χ1n) is 11.7. The van der Waals surface area contributed by atoms with Crippen molar-refractivity contribution in [2.24, 2.45) is 4.99 Å². The summed E-state index contributed by atoms with van der Waals surface area (Å²) in [5.41, 5.74) is 1.28.